The van der Waals surface area contributed by atoms with Gasteiger partial charge in [-0.3, -0.25) is 4.79 Å². The fraction of sp³-hybridized carbons (Fsp3) is 0.455. The second kappa shape index (κ2) is 13.2. The van der Waals surface area contributed by atoms with Gasteiger partial charge in [-0.05, 0) is 49.6 Å². The minimum absolute atomic E-state index is 0. The summed E-state index contributed by atoms with van der Waals surface area (Å²) in [7, 11) is 0. The Labute approximate surface area is 209 Å². The van der Waals surface area contributed by atoms with Crippen molar-refractivity contribution < 1.29 is 9.90 Å². The second-order valence-electron chi connectivity index (χ2n) is 7.40. The first-order valence-corrected chi connectivity index (χ1v) is 11.6. The van der Waals surface area contributed by atoms with Gasteiger partial charge in [0.1, 0.15) is 6.10 Å². The maximum atomic E-state index is 12.4. The number of benzene rings is 1. The van der Waals surface area contributed by atoms with Crippen molar-refractivity contribution in [2.75, 3.05) is 18.4 Å². The van der Waals surface area contributed by atoms with Crippen molar-refractivity contribution in [3.63, 3.8) is 0 Å². The number of thiophene rings is 1. The number of halogens is 2. The molecule has 1 heterocycles. The summed E-state index contributed by atoms with van der Waals surface area (Å²) in [6.45, 7) is 3.50. The maximum Gasteiger partial charge on any atom is 0.227 e. The summed E-state index contributed by atoms with van der Waals surface area (Å²) in [5, 5.41) is 19.7. The number of nitrogens with zero attached hydrogens (tertiary/aromatic N) is 1. The summed E-state index contributed by atoms with van der Waals surface area (Å²) in [5.41, 5.74) is 1.81. The van der Waals surface area contributed by atoms with Crippen LogP contribution in [-0.2, 0) is 11.3 Å². The van der Waals surface area contributed by atoms with Crippen molar-refractivity contribution in [1.29, 1.82) is 0 Å². The molecule has 9 heteroatoms. The highest BCUT2D eigenvalue weighted by atomic mass is 127. The molecule has 1 fully saturated rings. The van der Waals surface area contributed by atoms with Gasteiger partial charge in [0.15, 0.2) is 5.96 Å². The zero-order valence-corrected chi connectivity index (χ0v) is 21.5. The number of carbonyl (C=O) groups excluding carboxylic acids is 1. The molecule has 0 saturated heterocycles. The topological polar surface area (TPSA) is 85.8 Å². The number of aliphatic imine (C=N–C) groups is 1. The molecule has 0 radical (unpaired) electrons. The molecular weight excluding hydrogens is 547 g/mol. The van der Waals surface area contributed by atoms with Crippen LogP contribution in [0.2, 0.25) is 4.34 Å². The van der Waals surface area contributed by atoms with Gasteiger partial charge in [0.2, 0.25) is 5.91 Å². The number of anilines is 1. The minimum atomic E-state index is -0.652. The van der Waals surface area contributed by atoms with Crippen LogP contribution in [0, 0.1) is 5.92 Å². The van der Waals surface area contributed by atoms with Gasteiger partial charge >= 0.3 is 0 Å². The molecule has 1 aromatic heterocycles. The first-order valence-electron chi connectivity index (χ1n) is 10.4. The maximum absolute atomic E-state index is 12.4. The third-order valence-corrected chi connectivity index (χ3v) is 6.40. The zero-order chi connectivity index (χ0) is 21.3. The summed E-state index contributed by atoms with van der Waals surface area (Å²) in [4.78, 5) is 17.8. The lowest BCUT2D eigenvalue weighted by molar-refractivity contribution is -0.119. The molecule has 1 aliphatic rings. The van der Waals surface area contributed by atoms with Crippen molar-refractivity contribution >= 4 is 64.5 Å². The molecule has 31 heavy (non-hydrogen) atoms. The van der Waals surface area contributed by atoms with Crippen LogP contribution in [0.5, 0.6) is 0 Å². The van der Waals surface area contributed by atoms with Gasteiger partial charge in [-0.2, -0.15) is 0 Å². The molecule has 1 unspecified atom stereocenters. The van der Waals surface area contributed by atoms with Gasteiger partial charge < -0.3 is 21.1 Å². The van der Waals surface area contributed by atoms with E-state index in [0.29, 0.717) is 29.9 Å². The van der Waals surface area contributed by atoms with E-state index in [9.17, 15) is 9.90 Å². The number of carbonyl (C=O) groups is 1. The molecule has 170 valence electrons. The normalized spacial score (nSPS) is 15.3. The molecular formula is C22H30ClIN4O2S. The molecule has 1 atom stereocenters. The Kier molecular flexibility index (Phi) is 11.1. The lowest BCUT2D eigenvalue weighted by atomic mass is 10.1. The van der Waals surface area contributed by atoms with Crippen LogP contribution in [0.3, 0.4) is 0 Å². The van der Waals surface area contributed by atoms with Gasteiger partial charge in [-0.15, -0.1) is 35.3 Å². The summed E-state index contributed by atoms with van der Waals surface area (Å²) in [6, 6.07) is 11.4. The predicted molar refractivity (Wildman–Crippen MR) is 140 cm³/mol. The van der Waals surface area contributed by atoms with Gasteiger partial charge in [0, 0.05) is 29.6 Å². The van der Waals surface area contributed by atoms with Crippen LogP contribution >= 0.6 is 46.9 Å². The number of amides is 1. The predicted octanol–water partition coefficient (Wildman–Crippen LogP) is 4.94. The number of aliphatic hydroxyl groups excluding tert-OH is 1. The third kappa shape index (κ3) is 8.25. The van der Waals surface area contributed by atoms with Crippen LogP contribution < -0.4 is 16.0 Å². The van der Waals surface area contributed by atoms with Gasteiger partial charge in [-0.25, -0.2) is 4.99 Å². The highest BCUT2D eigenvalue weighted by Gasteiger charge is 2.22. The quantitative estimate of drug-likeness (QED) is 0.204. The average molecular weight is 577 g/mol. The van der Waals surface area contributed by atoms with Crippen LogP contribution in [0.1, 0.15) is 49.2 Å². The highest BCUT2D eigenvalue weighted by molar-refractivity contribution is 14.0. The molecule has 1 saturated carbocycles. The molecule has 6 nitrogen and oxygen atoms in total. The first-order chi connectivity index (χ1) is 14.5. The molecule has 1 aromatic carbocycles. The highest BCUT2D eigenvalue weighted by Crippen LogP contribution is 2.27. The Bertz CT molecular complexity index is 871. The van der Waals surface area contributed by atoms with E-state index < -0.39 is 6.10 Å². The summed E-state index contributed by atoms with van der Waals surface area (Å²) in [6.07, 6.45) is 3.59. The number of aliphatic hydroxyl groups is 1. The first kappa shape index (κ1) is 25.9. The number of hydrogen-bond donors (Lipinski definition) is 4. The third-order valence-electron chi connectivity index (χ3n) is 5.07. The summed E-state index contributed by atoms with van der Waals surface area (Å²) < 4.78 is 0.657. The summed E-state index contributed by atoms with van der Waals surface area (Å²) >= 11 is 7.31. The second-order valence-corrected chi connectivity index (χ2v) is 9.15. The van der Waals surface area contributed by atoms with E-state index in [1.54, 1.807) is 6.07 Å². The Morgan fingerprint density at radius 1 is 1.26 bits per heavy atom. The number of guanidine groups is 1. The van der Waals surface area contributed by atoms with Crippen molar-refractivity contribution in [2.45, 2.75) is 45.3 Å². The van der Waals surface area contributed by atoms with Gasteiger partial charge in [0.05, 0.1) is 10.9 Å². The fourth-order valence-electron chi connectivity index (χ4n) is 3.49. The molecule has 1 amide bonds. The average Bonchev–Trinajstić information content (AvgIpc) is 3.42. The monoisotopic (exact) mass is 576 g/mol. The lowest BCUT2D eigenvalue weighted by Gasteiger charge is -2.14. The standard InChI is InChI=1S/C22H29ClN4O2S.HI/c1-2-24-22(26-14-18(28)19-10-11-20(23)30-19)25-13-15-6-5-9-17(12-15)27-21(29)16-7-3-4-8-16;/h5-6,9-12,16,18,28H,2-4,7-8,13-14H2,1H3,(H,27,29)(H2,24,25,26);1H. The van der Waals surface area contributed by atoms with Crippen LogP contribution in [-0.4, -0.2) is 30.1 Å². The number of hydrogen-bond acceptors (Lipinski definition) is 4. The SMILES string of the molecule is CCNC(=NCc1cccc(NC(=O)C2CCCC2)c1)NCC(O)c1ccc(Cl)s1.I. The Hall–Kier alpha value is -1.36. The van der Waals surface area contributed by atoms with Crippen LogP contribution in [0.4, 0.5) is 5.69 Å². The van der Waals surface area contributed by atoms with E-state index in [4.69, 9.17) is 11.6 Å². The lowest BCUT2D eigenvalue weighted by Crippen LogP contribution is -2.39. The Morgan fingerprint density at radius 3 is 2.71 bits per heavy atom. The van der Waals surface area contributed by atoms with Crippen molar-refractivity contribution in [3.05, 3.63) is 51.2 Å². The van der Waals surface area contributed by atoms with Crippen molar-refractivity contribution in [1.82, 2.24) is 10.6 Å². The number of rotatable bonds is 8. The van der Waals surface area contributed by atoms with Crippen molar-refractivity contribution in [2.24, 2.45) is 10.9 Å². The van der Waals surface area contributed by atoms with Gasteiger partial charge in [0.25, 0.3) is 0 Å². The van der Waals surface area contributed by atoms with Crippen molar-refractivity contribution in [3.8, 4) is 0 Å². The molecule has 4 N–H and O–H groups in total. The largest absolute Gasteiger partial charge is 0.386 e. The molecule has 3 rings (SSSR count). The van der Waals surface area contributed by atoms with E-state index in [1.165, 1.54) is 11.3 Å². The van der Waals surface area contributed by atoms with E-state index in [2.05, 4.69) is 20.9 Å². The smallest absolute Gasteiger partial charge is 0.227 e. The molecule has 0 spiro atoms. The van der Waals surface area contributed by atoms with Gasteiger partial charge in [-0.1, -0.05) is 36.6 Å². The molecule has 0 aliphatic heterocycles. The Morgan fingerprint density at radius 2 is 2.03 bits per heavy atom. The number of nitrogens with one attached hydrogen (secondary N) is 3. The van der Waals surface area contributed by atoms with Crippen LogP contribution in [0.15, 0.2) is 41.4 Å². The fourth-order valence-corrected chi connectivity index (χ4v) is 4.54. The van der Waals surface area contributed by atoms with E-state index in [-0.39, 0.29) is 35.8 Å². The van der Waals surface area contributed by atoms with E-state index in [1.807, 2.05) is 37.3 Å². The van der Waals surface area contributed by atoms with Crippen LogP contribution in [0.25, 0.3) is 0 Å². The Balaban J connectivity index is 0.00000341. The molecule has 2 aromatic rings. The zero-order valence-electron chi connectivity index (χ0n) is 17.6. The summed E-state index contributed by atoms with van der Waals surface area (Å²) in [5.74, 6) is 0.881. The van der Waals surface area contributed by atoms with E-state index >= 15 is 0 Å². The molecule has 1 aliphatic carbocycles. The van der Waals surface area contributed by atoms with E-state index in [0.717, 1.165) is 41.8 Å². The molecule has 0 bridgehead atoms. The minimum Gasteiger partial charge on any atom is -0.386 e.